The molecule has 1 aliphatic rings. The number of amides is 1. The number of piperazine rings is 1. The molecule has 1 aliphatic heterocycles. The molecule has 0 atom stereocenters. The summed E-state index contributed by atoms with van der Waals surface area (Å²) < 4.78 is 27.9. The summed E-state index contributed by atoms with van der Waals surface area (Å²) in [6.07, 6.45) is 0. The van der Waals surface area contributed by atoms with Gasteiger partial charge in [-0.05, 0) is 49.2 Å². The van der Waals surface area contributed by atoms with Crippen molar-refractivity contribution in [3.63, 3.8) is 0 Å². The number of aryl methyl sites for hydroxylation is 2. The lowest BCUT2D eigenvalue weighted by molar-refractivity contribution is -0.122. The van der Waals surface area contributed by atoms with E-state index in [1.807, 2.05) is 36.9 Å². The number of benzene rings is 1. The molecule has 1 saturated heterocycles. The Morgan fingerprint density at radius 2 is 1.82 bits per heavy atom. The number of hydrogen-bond donors (Lipinski definition) is 1. The van der Waals surface area contributed by atoms with Crippen LogP contribution in [0, 0.1) is 13.8 Å². The van der Waals surface area contributed by atoms with E-state index in [1.54, 1.807) is 12.1 Å². The molecule has 2 aromatic rings. The summed E-state index contributed by atoms with van der Waals surface area (Å²) in [4.78, 5) is 15.5. The number of carbonyl (C=O) groups excluding carboxylic acids is 1. The number of hydrogen-bond acceptors (Lipinski definition) is 5. The van der Waals surface area contributed by atoms with E-state index in [1.165, 1.54) is 15.6 Å². The number of halogens is 1. The average molecular weight is 442 g/mol. The third-order valence-electron chi connectivity index (χ3n) is 4.90. The van der Waals surface area contributed by atoms with Crippen LogP contribution in [0.25, 0.3) is 0 Å². The Hall–Kier alpha value is -1.45. The lowest BCUT2D eigenvalue weighted by Gasteiger charge is -2.33. The SMILES string of the molecule is Cc1ccc(S(=O)(=O)N2CCN(CC(=O)NCc3ccc(Cl)s3)CC2)cc1C. The predicted octanol–water partition coefficient (Wildman–Crippen LogP) is 2.64. The van der Waals surface area contributed by atoms with Gasteiger partial charge in [-0.2, -0.15) is 4.31 Å². The first-order valence-electron chi connectivity index (χ1n) is 9.06. The first-order chi connectivity index (χ1) is 13.3. The van der Waals surface area contributed by atoms with Gasteiger partial charge in [-0.15, -0.1) is 11.3 Å². The molecule has 1 fully saturated rings. The maximum atomic E-state index is 12.9. The van der Waals surface area contributed by atoms with Crippen molar-refractivity contribution in [3.05, 3.63) is 50.7 Å². The fraction of sp³-hybridized carbons (Fsp3) is 0.421. The van der Waals surface area contributed by atoms with Crippen molar-refractivity contribution in [2.75, 3.05) is 32.7 Å². The quantitative estimate of drug-likeness (QED) is 0.748. The van der Waals surface area contributed by atoms with Crippen LogP contribution in [0.1, 0.15) is 16.0 Å². The van der Waals surface area contributed by atoms with Crippen LogP contribution < -0.4 is 5.32 Å². The normalized spacial score (nSPS) is 16.2. The highest BCUT2D eigenvalue weighted by Crippen LogP contribution is 2.22. The maximum absolute atomic E-state index is 12.9. The summed E-state index contributed by atoms with van der Waals surface area (Å²) in [5.74, 6) is -0.0741. The third-order valence-corrected chi connectivity index (χ3v) is 8.03. The Morgan fingerprint density at radius 1 is 1.11 bits per heavy atom. The Labute approximate surface area is 175 Å². The average Bonchev–Trinajstić information content (AvgIpc) is 3.08. The largest absolute Gasteiger partial charge is 0.350 e. The van der Waals surface area contributed by atoms with E-state index >= 15 is 0 Å². The number of thiophene rings is 1. The Bertz CT molecular complexity index is 951. The van der Waals surface area contributed by atoms with E-state index in [0.717, 1.165) is 16.0 Å². The first-order valence-corrected chi connectivity index (χ1v) is 11.7. The van der Waals surface area contributed by atoms with Gasteiger partial charge < -0.3 is 5.32 Å². The van der Waals surface area contributed by atoms with Crippen LogP contribution in [-0.2, 0) is 21.4 Å². The molecule has 0 radical (unpaired) electrons. The van der Waals surface area contributed by atoms with Gasteiger partial charge in [0.2, 0.25) is 15.9 Å². The van der Waals surface area contributed by atoms with Gasteiger partial charge in [-0.1, -0.05) is 17.7 Å². The second kappa shape index (κ2) is 8.92. The van der Waals surface area contributed by atoms with Crippen molar-refractivity contribution in [2.45, 2.75) is 25.3 Å². The Morgan fingerprint density at radius 3 is 2.43 bits per heavy atom. The van der Waals surface area contributed by atoms with Crippen molar-refractivity contribution in [2.24, 2.45) is 0 Å². The third kappa shape index (κ3) is 5.12. The summed E-state index contributed by atoms with van der Waals surface area (Å²) in [7, 11) is -3.50. The van der Waals surface area contributed by atoms with Crippen LogP contribution in [0.5, 0.6) is 0 Å². The number of nitrogens with one attached hydrogen (secondary N) is 1. The van der Waals surface area contributed by atoms with Crippen LogP contribution in [0.4, 0.5) is 0 Å². The van der Waals surface area contributed by atoms with Crippen LogP contribution >= 0.6 is 22.9 Å². The van der Waals surface area contributed by atoms with Gasteiger partial charge in [0.1, 0.15) is 0 Å². The zero-order chi connectivity index (χ0) is 20.3. The fourth-order valence-electron chi connectivity index (χ4n) is 3.04. The highest BCUT2D eigenvalue weighted by Gasteiger charge is 2.29. The Kier molecular flexibility index (Phi) is 6.77. The lowest BCUT2D eigenvalue weighted by Crippen LogP contribution is -2.50. The predicted molar refractivity (Wildman–Crippen MR) is 112 cm³/mol. The van der Waals surface area contributed by atoms with Crippen molar-refractivity contribution in [1.29, 1.82) is 0 Å². The molecule has 2 heterocycles. The van der Waals surface area contributed by atoms with Crippen LogP contribution in [0.15, 0.2) is 35.2 Å². The zero-order valence-corrected chi connectivity index (χ0v) is 18.3. The molecule has 0 aliphatic carbocycles. The van der Waals surface area contributed by atoms with Gasteiger partial charge in [-0.3, -0.25) is 9.69 Å². The number of sulfonamides is 1. The van der Waals surface area contributed by atoms with E-state index in [0.29, 0.717) is 42.0 Å². The number of nitrogens with zero attached hydrogens (tertiary/aromatic N) is 2. The van der Waals surface area contributed by atoms with Crippen molar-refractivity contribution >= 4 is 38.9 Å². The molecule has 28 heavy (non-hydrogen) atoms. The van der Waals surface area contributed by atoms with Crippen LogP contribution in [0.3, 0.4) is 0 Å². The monoisotopic (exact) mass is 441 g/mol. The van der Waals surface area contributed by atoms with Crippen molar-refractivity contribution in [1.82, 2.24) is 14.5 Å². The molecule has 1 aromatic heterocycles. The smallest absolute Gasteiger partial charge is 0.243 e. The Balaban J connectivity index is 1.50. The molecular formula is C19H24ClN3O3S2. The molecule has 1 amide bonds. The lowest BCUT2D eigenvalue weighted by atomic mass is 10.1. The molecule has 0 bridgehead atoms. The molecule has 9 heteroatoms. The highest BCUT2D eigenvalue weighted by atomic mass is 35.5. The van der Waals surface area contributed by atoms with Crippen LogP contribution in [-0.4, -0.2) is 56.3 Å². The van der Waals surface area contributed by atoms with E-state index < -0.39 is 10.0 Å². The van der Waals surface area contributed by atoms with Crippen LogP contribution in [0.2, 0.25) is 4.34 Å². The molecule has 1 aromatic carbocycles. The van der Waals surface area contributed by atoms with Crippen molar-refractivity contribution < 1.29 is 13.2 Å². The van der Waals surface area contributed by atoms with E-state index in [2.05, 4.69) is 5.32 Å². The highest BCUT2D eigenvalue weighted by molar-refractivity contribution is 7.89. The molecule has 152 valence electrons. The van der Waals surface area contributed by atoms with Gasteiger partial charge in [0, 0.05) is 31.1 Å². The fourth-order valence-corrected chi connectivity index (χ4v) is 5.58. The topological polar surface area (TPSA) is 69.7 Å². The summed E-state index contributed by atoms with van der Waals surface area (Å²) in [5.41, 5.74) is 2.03. The molecule has 1 N–H and O–H groups in total. The van der Waals surface area contributed by atoms with Crippen molar-refractivity contribution in [3.8, 4) is 0 Å². The first kappa shape index (κ1) is 21.3. The molecule has 0 spiro atoms. The summed E-state index contributed by atoms with van der Waals surface area (Å²) >= 11 is 7.33. The number of carbonyl (C=O) groups is 1. The second-order valence-electron chi connectivity index (χ2n) is 6.91. The molecule has 0 saturated carbocycles. The maximum Gasteiger partial charge on any atom is 0.243 e. The minimum atomic E-state index is -3.50. The summed E-state index contributed by atoms with van der Waals surface area (Å²) in [6.45, 7) is 6.41. The molecule has 0 unspecified atom stereocenters. The second-order valence-corrected chi connectivity index (χ2v) is 10.6. The van der Waals surface area contributed by atoms with Gasteiger partial charge in [0.25, 0.3) is 0 Å². The summed E-state index contributed by atoms with van der Waals surface area (Å²) in [5, 5.41) is 2.88. The standard InChI is InChI=1S/C19H24ClN3O3S2/c1-14-3-5-17(11-15(14)2)28(25,26)23-9-7-22(8-10-23)13-19(24)21-12-16-4-6-18(20)27-16/h3-6,11H,7-10,12-13H2,1-2H3,(H,21,24). The minimum Gasteiger partial charge on any atom is -0.350 e. The molecular weight excluding hydrogens is 418 g/mol. The number of rotatable bonds is 6. The molecule has 6 nitrogen and oxygen atoms in total. The minimum absolute atomic E-state index is 0.0741. The van der Waals surface area contributed by atoms with E-state index in [9.17, 15) is 13.2 Å². The van der Waals surface area contributed by atoms with E-state index in [4.69, 9.17) is 11.6 Å². The summed E-state index contributed by atoms with van der Waals surface area (Å²) in [6, 6.07) is 8.92. The zero-order valence-electron chi connectivity index (χ0n) is 15.9. The van der Waals surface area contributed by atoms with E-state index in [-0.39, 0.29) is 12.5 Å². The molecule has 3 rings (SSSR count). The van der Waals surface area contributed by atoms with Gasteiger partial charge in [0.05, 0.1) is 22.3 Å². The van der Waals surface area contributed by atoms with Gasteiger partial charge >= 0.3 is 0 Å². The van der Waals surface area contributed by atoms with Gasteiger partial charge in [-0.25, -0.2) is 8.42 Å². The van der Waals surface area contributed by atoms with Gasteiger partial charge in [0.15, 0.2) is 0 Å².